The molecule has 27 heavy (non-hydrogen) atoms. The van der Waals surface area contributed by atoms with Crippen molar-refractivity contribution in [2.45, 2.75) is 24.9 Å². The number of rotatable bonds is 6. The number of amides is 1. The number of aryl methyl sites for hydroxylation is 1. The Morgan fingerprint density at radius 2 is 2.15 bits per heavy atom. The van der Waals surface area contributed by atoms with E-state index in [1.54, 1.807) is 17.9 Å². The maximum atomic E-state index is 12.7. The summed E-state index contributed by atoms with van der Waals surface area (Å²) >= 11 is 0. The van der Waals surface area contributed by atoms with Crippen LogP contribution >= 0.6 is 12.4 Å². The van der Waals surface area contributed by atoms with Gasteiger partial charge >= 0.3 is 0 Å². The van der Waals surface area contributed by atoms with Crippen LogP contribution < -0.4 is 10.6 Å². The largest absolute Gasteiger partial charge is 0.324 e. The molecular formula is C17H21ClN8O. The SMILES string of the molecule is CNC(C(=O)Nc1cccc(-c2nnnn2C2CC2)c1)c1cnn(C)c1.Cl. The Labute approximate surface area is 162 Å². The lowest BCUT2D eigenvalue weighted by Crippen LogP contribution is -2.30. The van der Waals surface area contributed by atoms with Crippen molar-refractivity contribution in [1.82, 2.24) is 35.3 Å². The minimum Gasteiger partial charge on any atom is -0.324 e. The molecule has 0 spiro atoms. The molecule has 3 aromatic rings. The Morgan fingerprint density at radius 1 is 1.33 bits per heavy atom. The van der Waals surface area contributed by atoms with Crippen molar-refractivity contribution in [3.63, 3.8) is 0 Å². The van der Waals surface area contributed by atoms with Gasteiger partial charge in [-0.3, -0.25) is 9.48 Å². The molecule has 0 bridgehead atoms. The molecular weight excluding hydrogens is 368 g/mol. The first-order valence-corrected chi connectivity index (χ1v) is 8.50. The first-order chi connectivity index (χ1) is 12.7. The molecule has 0 aliphatic heterocycles. The van der Waals surface area contributed by atoms with E-state index in [4.69, 9.17) is 0 Å². The van der Waals surface area contributed by atoms with Gasteiger partial charge < -0.3 is 10.6 Å². The van der Waals surface area contributed by atoms with Gasteiger partial charge in [0.1, 0.15) is 6.04 Å². The molecule has 9 nitrogen and oxygen atoms in total. The zero-order valence-corrected chi connectivity index (χ0v) is 15.8. The molecule has 1 aliphatic rings. The predicted molar refractivity (Wildman–Crippen MR) is 102 cm³/mol. The number of likely N-dealkylation sites (N-methyl/N-ethyl adjacent to an activating group) is 1. The van der Waals surface area contributed by atoms with Crippen LogP contribution in [0.3, 0.4) is 0 Å². The van der Waals surface area contributed by atoms with Crippen LogP contribution in [0.4, 0.5) is 5.69 Å². The first-order valence-electron chi connectivity index (χ1n) is 8.50. The molecule has 1 amide bonds. The minimum absolute atomic E-state index is 0. The van der Waals surface area contributed by atoms with E-state index < -0.39 is 6.04 Å². The number of tetrazole rings is 1. The summed E-state index contributed by atoms with van der Waals surface area (Å²) < 4.78 is 3.53. The molecule has 2 heterocycles. The molecule has 0 saturated heterocycles. The third-order valence-corrected chi connectivity index (χ3v) is 4.38. The average Bonchev–Trinajstić information content (AvgIpc) is 3.20. The molecule has 2 N–H and O–H groups in total. The topological polar surface area (TPSA) is 103 Å². The van der Waals surface area contributed by atoms with Gasteiger partial charge in [0.2, 0.25) is 5.91 Å². The van der Waals surface area contributed by atoms with Crippen LogP contribution in [-0.2, 0) is 11.8 Å². The van der Waals surface area contributed by atoms with Crippen LogP contribution in [-0.4, -0.2) is 42.9 Å². The van der Waals surface area contributed by atoms with Crippen LogP contribution in [0.2, 0.25) is 0 Å². The summed E-state index contributed by atoms with van der Waals surface area (Å²) in [5.74, 6) is 0.570. The smallest absolute Gasteiger partial charge is 0.246 e. The molecule has 2 aromatic heterocycles. The summed E-state index contributed by atoms with van der Waals surface area (Å²) in [6.07, 6.45) is 5.70. The Morgan fingerprint density at radius 3 is 2.81 bits per heavy atom. The summed E-state index contributed by atoms with van der Waals surface area (Å²) in [4.78, 5) is 12.7. The molecule has 4 rings (SSSR count). The highest BCUT2D eigenvalue weighted by molar-refractivity contribution is 5.95. The van der Waals surface area contributed by atoms with Gasteiger partial charge in [-0.2, -0.15) is 5.10 Å². The van der Waals surface area contributed by atoms with Gasteiger partial charge in [0.05, 0.1) is 12.2 Å². The number of hydrogen-bond donors (Lipinski definition) is 2. The van der Waals surface area contributed by atoms with E-state index in [1.807, 2.05) is 42.2 Å². The summed E-state index contributed by atoms with van der Waals surface area (Å²) in [7, 11) is 3.57. The number of anilines is 1. The predicted octanol–water partition coefficient (Wildman–Crippen LogP) is 1.73. The van der Waals surface area contributed by atoms with E-state index in [1.165, 1.54) is 0 Å². The van der Waals surface area contributed by atoms with Gasteiger partial charge in [-0.25, -0.2) is 4.68 Å². The molecule has 1 saturated carbocycles. The average molecular weight is 389 g/mol. The van der Waals surface area contributed by atoms with Crippen LogP contribution in [0.25, 0.3) is 11.4 Å². The van der Waals surface area contributed by atoms with E-state index in [0.29, 0.717) is 11.7 Å². The first kappa shape index (κ1) is 19.0. The van der Waals surface area contributed by atoms with E-state index in [0.717, 1.165) is 29.8 Å². The number of benzene rings is 1. The maximum Gasteiger partial charge on any atom is 0.246 e. The standard InChI is InChI=1S/C17H20N8O.ClH/c1-18-15(12-9-19-24(2)10-12)17(26)20-13-5-3-4-11(8-13)16-21-22-23-25(16)14-6-7-14;/h3-5,8-10,14-15,18H,6-7H2,1-2H3,(H,20,26);1H. The van der Waals surface area contributed by atoms with Gasteiger partial charge in [0, 0.05) is 30.1 Å². The lowest BCUT2D eigenvalue weighted by atomic mass is 10.1. The van der Waals surface area contributed by atoms with Crippen LogP contribution in [0.15, 0.2) is 36.7 Å². The lowest BCUT2D eigenvalue weighted by Gasteiger charge is -2.15. The van der Waals surface area contributed by atoms with Crippen molar-refractivity contribution in [3.05, 3.63) is 42.2 Å². The van der Waals surface area contributed by atoms with Gasteiger partial charge in [0.15, 0.2) is 5.82 Å². The number of hydrogen-bond acceptors (Lipinski definition) is 6. The van der Waals surface area contributed by atoms with Crippen LogP contribution in [0, 0.1) is 0 Å². The van der Waals surface area contributed by atoms with Crippen molar-refractivity contribution < 1.29 is 4.79 Å². The van der Waals surface area contributed by atoms with Crippen molar-refractivity contribution >= 4 is 24.0 Å². The van der Waals surface area contributed by atoms with Gasteiger partial charge in [0.25, 0.3) is 0 Å². The molecule has 1 aromatic carbocycles. The highest BCUT2D eigenvalue weighted by atomic mass is 35.5. The number of carbonyl (C=O) groups excluding carboxylic acids is 1. The minimum atomic E-state index is -0.482. The van der Waals surface area contributed by atoms with Crippen LogP contribution in [0.1, 0.15) is 30.5 Å². The summed E-state index contributed by atoms with van der Waals surface area (Å²) in [5.41, 5.74) is 2.38. The fourth-order valence-corrected chi connectivity index (χ4v) is 2.94. The molecule has 142 valence electrons. The number of aromatic nitrogens is 6. The highest BCUT2D eigenvalue weighted by Crippen LogP contribution is 2.36. The van der Waals surface area contributed by atoms with Crippen molar-refractivity contribution in [3.8, 4) is 11.4 Å². The fraction of sp³-hybridized carbons (Fsp3) is 0.353. The third kappa shape index (κ3) is 3.99. The van der Waals surface area contributed by atoms with Gasteiger partial charge in [-0.05, 0) is 42.4 Å². The number of carbonyl (C=O) groups is 1. The Kier molecular flexibility index (Phi) is 5.52. The molecule has 0 radical (unpaired) electrons. The fourth-order valence-electron chi connectivity index (χ4n) is 2.94. The zero-order chi connectivity index (χ0) is 18.1. The zero-order valence-electron chi connectivity index (χ0n) is 15.0. The summed E-state index contributed by atoms with van der Waals surface area (Å²) in [5, 5.41) is 22.1. The number of nitrogens with zero attached hydrogens (tertiary/aromatic N) is 6. The third-order valence-electron chi connectivity index (χ3n) is 4.38. The van der Waals surface area contributed by atoms with Gasteiger partial charge in [-0.15, -0.1) is 17.5 Å². The second-order valence-corrected chi connectivity index (χ2v) is 6.42. The molecule has 1 atom stereocenters. The Balaban J connectivity index is 0.00000210. The number of halogens is 1. The number of nitrogens with one attached hydrogen (secondary N) is 2. The van der Waals surface area contributed by atoms with Gasteiger partial charge in [-0.1, -0.05) is 12.1 Å². The van der Waals surface area contributed by atoms with Crippen molar-refractivity contribution in [1.29, 1.82) is 0 Å². The van der Waals surface area contributed by atoms with Crippen molar-refractivity contribution in [2.75, 3.05) is 12.4 Å². The normalized spacial score (nSPS) is 14.4. The highest BCUT2D eigenvalue weighted by Gasteiger charge is 2.28. The molecule has 10 heteroatoms. The molecule has 1 unspecified atom stereocenters. The van der Waals surface area contributed by atoms with E-state index >= 15 is 0 Å². The maximum absolute atomic E-state index is 12.7. The second-order valence-electron chi connectivity index (χ2n) is 6.42. The lowest BCUT2D eigenvalue weighted by molar-refractivity contribution is -0.118. The summed E-state index contributed by atoms with van der Waals surface area (Å²) in [6.45, 7) is 0. The van der Waals surface area contributed by atoms with E-state index in [-0.39, 0.29) is 18.3 Å². The molecule has 1 aliphatic carbocycles. The van der Waals surface area contributed by atoms with E-state index in [9.17, 15) is 4.79 Å². The second kappa shape index (κ2) is 7.85. The Bertz CT molecular complexity index is 932. The molecule has 1 fully saturated rings. The van der Waals surface area contributed by atoms with E-state index in [2.05, 4.69) is 31.3 Å². The quantitative estimate of drug-likeness (QED) is 0.666. The Hall–Kier alpha value is -2.78. The summed E-state index contributed by atoms with van der Waals surface area (Å²) in [6, 6.07) is 7.47. The van der Waals surface area contributed by atoms with Crippen molar-refractivity contribution in [2.24, 2.45) is 7.05 Å². The van der Waals surface area contributed by atoms with Crippen LogP contribution in [0.5, 0.6) is 0 Å². The monoisotopic (exact) mass is 388 g/mol.